The molecule has 6 heteroatoms. The topological polar surface area (TPSA) is 38.1 Å². The lowest BCUT2D eigenvalue weighted by atomic mass is 10.2. The van der Waals surface area contributed by atoms with Gasteiger partial charge in [0.15, 0.2) is 0 Å². The summed E-state index contributed by atoms with van der Waals surface area (Å²) in [5, 5.41) is 0.616. The Hall–Kier alpha value is -2.24. The van der Waals surface area contributed by atoms with Gasteiger partial charge in [-0.1, -0.05) is 35.5 Å². The van der Waals surface area contributed by atoms with Gasteiger partial charge in [-0.2, -0.15) is 0 Å². The Kier molecular flexibility index (Phi) is 3.82. The van der Waals surface area contributed by atoms with Gasteiger partial charge in [-0.05, 0) is 37.3 Å². The fourth-order valence-electron chi connectivity index (χ4n) is 2.78. The number of benzene rings is 2. The summed E-state index contributed by atoms with van der Waals surface area (Å²) in [5.74, 6) is 0.793. The van der Waals surface area contributed by atoms with Gasteiger partial charge in [-0.3, -0.25) is 9.69 Å². The molecule has 1 aliphatic heterocycles. The number of carbonyl (C=O) groups is 1. The predicted octanol–water partition coefficient (Wildman–Crippen LogP) is 4.67. The molecule has 4 rings (SSSR count). The van der Waals surface area contributed by atoms with Crippen molar-refractivity contribution < 1.29 is 4.79 Å². The highest BCUT2D eigenvalue weighted by Crippen LogP contribution is 2.48. The van der Waals surface area contributed by atoms with Gasteiger partial charge in [0.25, 0.3) is 5.91 Å². The molecule has 1 aliphatic rings. The molecule has 0 saturated heterocycles. The number of imidazole rings is 1. The molecule has 3 aromatic rings. The fraction of sp³-hybridized carbons (Fsp3) is 0.111. The molecule has 120 valence electrons. The van der Waals surface area contributed by atoms with Crippen LogP contribution in [0.3, 0.4) is 0 Å². The minimum Gasteiger partial charge on any atom is -0.326 e. The molecule has 0 atom stereocenters. The molecule has 0 bridgehead atoms. The van der Waals surface area contributed by atoms with E-state index in [4.69, 9.17) is 11.6 Å². The Morgan fingerprint density at radius 3 is 2.75 bits per heavy atom. The number of rotatable bonds is 2. The first-order chi connectivity index (χ1) is 11.6. The maximum absolute atomic E-state index is 13.1. The second-order valence-corrected chi connectivity index (χ2v) is 7.03. The molecule has 2 aromatic carbocycles. The van der Waals surface area contributed by atoms with E-state index < -0.39 is 0 Å². The van der Waals surface area contributed by atoms with Gasteiger partial charge in [0.1, 0.15) is 12.4 Å². The molecule has 24 heavy (non-hydrogen) atoms. The van der Waals surface area contributed by atoms with Crippen molar-refractivity contribution in [3.8, 4) is 0 Å². The molecule has 1 amide bonds. The van der Waals surface area contributed by atoms with Crippen LogP contribution in [0.5, 0.6) is 0 Å². The Morgan fingerprint density at radius 2 is 1.96 bits per heavy atom. The number of hydrogen-bond donors (Lipinski definition) is 0. The van der Waals surface area contributed by atoms with Crippen molar-refractivity contribution in [2.24, 2.45) is 0 Å². The van der Waals surface area contributed by atoms with Crippen molar-refractivity contribution in [1.29, 1.82) is 0 Å². The molecule has 0 N–H and O–H groups in total. The van der Waals surface area contributed by atoms with Gasteiger partial charge in [-0.25, -0.2) is 4.98 Å². The largest absolute Gasteiger partial charge is 0.326 e. The Labute approximate surface area is 149 Å². The first kappa shape index (κ1) is 15.3. The number of para-hydroxylation sites is 1. The molecule has 4 nitrogen and oxygen atoms in total. The van der Waals surface area contributed by atoms with E-state index in [9.17, 15) is 4.79 Å². The highest BCUT2D eigenvalue weighted by molar-refractivity contribution is 7.99. The van der Waals surface area contributed by atoms with Gasteiger partial charge in [-0.15, -0.1) is 0 Å². The molecule has 0 aliphatic carbocycles. The number of fused-ring (bicyclic) bond motifs is 2. The number of hydrogen-bond acceptors (Lipinski definition) is 3. The number of amides is 1. The van der Waals surface area contributed by atoms with E-state index in [1.165, 1.54) is 0 Å². The van der Waals surface area contributed by atoms with Crippen LogP contribution in [0, 0.1) is 6.92 Å². The Bertz CT molecular complexity index is 938. The number of carbonyl (C=O) groups excluding carboxylic acids is 1. The van der Waals surface area contributed by atoms with Gasteiger partial charge >= 0.3 is 0 Å². The van der Waals surface area contributed by atoms with E-state index in [2.05, 4.69) is 4.98 Å². The SMILES string of the molecule is Cc1nccn1CC(=O)N1c2ccccc2Sc2ccc(Cl)cc21. The molecule has 0 radical (unpaired) electrons. The molecule has 2 heterocycles. The normalized spacial score (nSPS) is 12.7. The standard InChI is InChI=1S/C18H14ClN3OS/c1-12-20-8-9-21(12)11-18(23)22-14-4-2-3-5-16(14)24-17-7-6-13(19)10-15(17)22/h2-10H,11H2,1H3. The van der Waals surface area contributed by atoms with E-state index in [-0.39, 0.29) is 12.5 Å². The average molecular weight is 356 g/mol. The Balaban J connectivity index is 1.80. The number of nitrogens with zero attached hydrogens (tertiary/aromatic N) is 3. The van der Waals surface area contributed by atoms with Gasteiger partial charge in [0, 0.05) is 27.2 Å². The number of aromatic nitrogens is 2. The quantitative estimate of drug-likeness (QED) is 0.670. The molecule has 0 spiro atoms. The lowest BCUT2D eigenvalue weighted by Crippen LogP contribution is -2.31. The third kappa shape index (κ3) is 2.60. The lowest BCUT2D eigenvalue weighted by molar-refractivity contribution is -0.118. The fourth-order valence-corrected chi connectivity index (χ4v) is 3.99. The van der Waals surface area contributed by atoms with Crippen LogP contribution in [-0.2, 0) is 11.3 Å². The van der Waals surface area contributed by atoms with Crippen LogP contribution < -0.4 is 4.90 Å². The minimum atomic E-state index is -0.0210. The van der Waals surface area contributed by atoms with Crippen LogP contribution >= 0.6 is 23.4 Å². The number of aryl methyl sites for hydroxylation is 1. The zero-order valence-corrected chi connectivity index (χ0v) is 14.5. The van der Waals surface area contributed by atoms with Crippen molar-refractivity contribution in [1.82, 2.24) is 9.55 Å². The average Bonchev–Trinajstić information content (AvgIpc) is 2.97. The number of halogens is 1. The zero-order chi connectivity index (χ0) is 16.7. The van der Waals surface area contributed by atoms with E-state index in [0.717, 1.165) is 27.0 Å². The minimum absolute atomic E-state index is 0.0210. The summed E-state index contributed by atoms with van der Waals surface area (Å²) in [4.78, 5) is 21.1. The maximum atomic E-state index is 13.1. The molecule has 0 fully saturated rings. The van der Waals surface area contributed by atoms with E-state index in [1.807, 2.05) is 60.2 Å². The molecule has 0 unspecified atom stereocenters. The van der Waals surface area contributed by atoms with Crippen LogP contribution in [-0.4, -0.2) is 15.5 Å². The summed E-state index contributed by atoms with van der Waals surface area (Å²) < 4.78 is 1.84. The van der Waals surface area contributed by atoms with E-state index in [0.29, 0.717) is 5.02 Å². The molecule has 0 saturated carbocycles. The van der Waals surface area contributed by atoms with Crippen molar-refractivity contribution in [2.75, 3.05) is 4.90 Å². The van der Waals surface area contributed by atoms with Crippen LogP contribution in [0.2, 0.25) is 5.02 Å². The predicted molar refractivity (Wildman–Crippen MR) is 96.1 cm³/mol. The van der Waals surface area contributed by atoms with Crippen LogP contribution in [0.15, 0.2) is 64.6 Å². The zero-order valence-electron chi connectivity index (χ0n) is 12.9. The van der Waals surface area contributed by atoms with Crippen LogP contribution in [0.1, 0.15) is 5.82 Å². The second-order valence-electron chi connectivity index (χ2n) is 5.51. The summed E-state index contributed by atoms with van der Waals surface area (Å²) >= 11 is 7.83. The molecular formula is C18H14ClN3OS. The van der Waals surface area contributed by atoms with Gasteiger partial charge in [0.2, 0.25) is 0 Å². The summed E-state index contributed by atoms with van der Waals surface area (Å²) in [7, 11) is 0. The smallest absolute Gasteiger partial charge is 0.251 e. The van der Waals surface area contributed by atoms with Gasteiger partial charge in [0.05, 0.1) is 11.4 Å². The second kappa shape index (κ2) is 6.00. The van der Waals surface area contributed by atoms with Gasteiger partial charge < -0.3 is 4.57 Å². The molecule has 1 aromatic heterocycles. The maximum Gasteiger partial charge on any atom is 0.251 e. The third-order valence-corrected chi connectivity index (χ3v) is 5.33. The summed E-state index contributed by atoms with van der Waals surface area (Å²) in [6.07, 6.45) is 3.52. The first-order valence-corrected chi connectivity index (χ1v) is 8.70. The Morgan fingerprint density at radius 1 is 1.17 bits per heavy atom. The van der Waals surface area contributed by atoms with Crippen molar-refractivity contribution in [3.05, 3.63) is 65.7 Å². The lowest BCUT2D eigenvalue weighted by Gasteiger charge is -2.31. The van der Waals surface area contributed by atoms with Crippen LogP contribution in [0.25, 0.3) is 0 Å². The first-order valence-electron chi connectivity index (χ1n) is 7.50. The van der Waals surface area contributed by atoms with Crippen LogP contribution in [0.4, 0.5) is 11.4 Å². The monoisotopic (exact) mass is 355 g/mol. The summed E-state index contributed by atoms with van der Waals surface area (Å²) in [6, 6.07) is 13.6. The van der Waals surface area contributed by atoms with Crippen molar-refractivity contribution in [3.63, 3.8) is 0 Å². The van der Waals surface area contributed by atoms with Crippen molar-refractivity contribution >= 4 is 40.6 Å². The van der Waals surface area contributed by atoms with Crippen molar-refractivity contribution in [2.45, 2.75) is 23.3 Å². The summed E-state index contributed by atoms with van der Waals surface area (Å²) in [5.41, 5.74) is 1.72. The highest BCUT2D eigenvalue weighted by Gasteiger charge is 2.28. The van der Waals surface area contributed by atoms with E-state index >= 15 is 0 Å². The molecular weight excluding hydrogens is 342 g/mol. The highest BCUT2D eigenvalue weighted by atomic mass is 35.5. The third-order valence-electron chi connectivity index (χ3n) is 3.97. The number of anilines is 2. The van der Waals surface area contributed by atoms with E-state index in [1.54, 1.807) is 22.9 Å². The summed E-state index contributed by atoms with van der Waals surface area (Å²) in [6.45, 7) is 2.12.